The van der Waals surface area contributed by atoms with Gasteiger partial charge in [-0.2, -0.15) is 0 Å². The average Bonchev–Trinajstić information content (AvgIpc) is 3.32. The lowest BCUT2D eigenvalue weighted by molar-refractivity contribution is 0.269. The summed E-state index contributed by atoms with van der Waals surface area (Å²) in [5, 5.41) is 0.683. The highest BCUT2D eigenvalue weighted by Crippen LogP contribution is 2.35. The van der Waals surface area contributed by atoms with Gasteiger partial charge in [-0.1, -0.05) is 63.1 Å². The summed E-state index contributed by atoms with van der Waals surface area (Å²) in [5.74, 6) is 1.23. The molecule has 0 saturated heterocycles. The second-order valence-corrected chi connectivity index (χ2v) is 9.60. The molecule has 0 amide bonds. The van der Waals surface area contributed by atoms with Crippen LogP contribution in [0.1, 0.15) is 18.1 Å². The van der Waals surface area contributed by atoms with Crippen LogP contribution in [-0.2, 0) is 6.61 Å². The summed E-state index contributed by atoms with van der Waals surface area (Å²) in [6.07, 6.45) is 1.85. The van der Waals surface area contributed by atoms with Crippen molar-refractivity contribution in [3.05, 3.63) is 96.2 Å². The van der Waals surface area contributed by atoms with Crippen molar-refractivity contribution in [2.45, 2.75) is 13.5 Å². The van der Waals surface area contributed by atoms with Crippen molar-refractivity contribution in [3.63, 3.8) is 0 Å². The molecule has 0 saturated carbocycles. The first-order chi connectivity index (χ1) is 16.0. The molecule has 0 aliphatic rings. The SMILES string of the molecule is CCOc1cc(/C=c2\sc3nc4ccccc4n3c2=O)c(Br)cc1OCc1ccc(Cl)cc1. The van der Waals surface area contributed by atoms with E-state index in [-0.39, 0.29) is 5.56 Å². The maximum atomic E-state index is 13.1. The predicted octanol–water partition coefficient (Wildman–Crippen LogP) is 5.85. The highest BCUT2D eigenvalue weighted by molar-refractivity contribution is 9.10. The maximum Gasteiger partial charge on any atom is 0.274 e. The third kappa shape index (κ3) is 4.36. The summed E-state index contributed by atoms with van der Waals surface area (Å²) in [4.78, 5) is 18.4. The number of halogens is 2. The zero-order valence-electron chi connectivity index (χ0n) is 17.5. The Kier molecular flexibility index (Phi) is 6.10. The lowest BCUT2D eigenvalue weighted by Gasteiger charge is -2.14. The van der Waals surface area contributed by atoms with Gasteiger partial charge in [-0.15, -0.1) is 0 Å². The van der Waals surface area contributed by atoms with Gasteiger partial charge in [-0.25, -0.2) is 9.38 Å². The molecule has 0 radical (unpaired) electrons. The number of thiazole rings is 1. The van der Waals surface area contributed by atoms with Crippen LogP contribution in [0.25, 0.3) is 22.1 Å². The summed E-state index contributed by atoms with van der Waals surface area (Å²) in [5.41, 5.74) is 3.36. The molecular formula is C25H18BrClN2O3S. The molecular weight excluding hydrogens is 524 g/mol. The zero-order chi connectivity index (χ0) is 22.9. The Morgan fingerprint density at radius 3 is 2.64 bits per heavy atom. The molecule has 0 spiro atoms. The number of nitrogens with zero attached hydrogens (tertiary/aromatic N) is 2. The highest BCUT2D eigenvalue weighted by atomic mass is 79.9. The summed E-state index contributed by atoms with van der Waals surface area (Å²) < 4.78 is 14.9. The fourth-order valence-corrected chi connectivity index (χ4v) is 5.08. The largest absolute Gasteiger partial charge is 0.490 e. The summed E-state index contributed by atoms with van der Waals surface area (Å²) in [7, 11) is 0. The minimum absolute atomic E-state index is 0.0865. The van der Waals surface area contributed by atoms with Gasteiger partial charge in [0.1, 0.15) is 6.61 Å². The third-order valence-electron chi connectivity index (χ3n) is 5.10. The molecule has 5 rings (SSSR count). The number of ether oxygens (including phenoxy) is 2. The molecule has 0 aliphatic heterocycles. The van der Waals surface area contributed by atoms with Gasteiger partial charge < -0.3 is 9.47 Å². The second-order valence-electron chi connectivity index (χ2n) is 7.30. The van der Waals surface area contributed by atoms with E-state index in [2.05, 4.69) is 20.9 Å². The monoisotopic (exact) mass is 540 g/mol. The Labute approximate surface area is 207 Å². The van der Waals surface area contributed by atoms with E-state index in [1.165, 1.54) is 11.3 Å². The molecule has 5 aromatic rings. The number of rotatable bonds is 6. The number of para-hydroxylation sites is 2. The number of benzene rings is 3. The molecule has 8 heteroatoms. The lowest BCUT2D eigenvalue weighted by atomic mass is 10.2. The Bertz CT molecular complexity index is 1580. The Morgan fingerprint density at radius 1 is 1.09 bits per heavy atom. The normalized spacial score (nSPS) is 12.0. The molecule has 2 aromatic heterocycles. The fourth-order valence-electron chi connectivity index (χ4n) is 3.54. The summed E-state index contributed by atoms with van der Waals surface area (Å²) >= 11 is 10.9. The van der Waals surface area contributed by atoms with Crippen LogP contribution < -0.4 is 19.6 Å². The van der Waals surface area contributed by atoms with Crippen LogP contribution in [0.2, 0.25) is 5.02 Å². The molecule has 0 bridgehead atoms. The topological polar surface area (TPSA) is 52.8 Å². The molecule has 0 aliphatic carbocycles. The van der Waals surface area contributed by atoms with Crippen LogP contribution in [0.15, 0.2) is 69.9 Å². The minimum atomic E-state index is -0.0865. The molecule has 166 valence electrons. The smallest absolute Gasteiger partial charge is 0.274 e. The van der Waals surface area contributed by atoms with E-state index >= 15 is 0 Å². The Morgan fingerprint density at radius 2 is 1.85 bits per heavy atom. The van der Waals surface area contributed by atoms with Gasteiger partial charge in [0.15, 0.2) is 16.5 Å². The van der Waals surface area contributed by atoms with Crippen LogP contribution in [-0.4, -0.2) is 16.0 Å². The molecule has 0 fully saturated rings. The number of imidazole rings is 1. The van der Waals surface area contributed by atoms with Crippen molar-refractivity contribution in [1.29, 1.82) is 0 Å². The van der Waals surface area contributed by atoms with Gasteiger partial charge in [0.05, 0.1) is 22.2 Å². The van der Waals surface area contributed by atoms with E-state index in [0.29, 0.717) is 39.2 Å². The van der Waals surface area contributed by atoms with E-state index < -0.39 is 0 Å². The van der Waals surface area contributed by atoms with Gasteiger partial charge in [-0.3, -0.25) is 4.79 Å². The molecule has 2 heterocycles. The molecule has 0 unspecified atom stereocenters. The van der Waals surface area contributed by atoms with Crippen molar-refractivity contribution in [3.8, 4) is 11.5 Å². The van der Waals surface area contributed by atoms with E-state index in [1.54, 1.807) is 4.40 Å². The number of fused-ring (bicyclic) bond motifs is 3. The van der Waals surface area contributed by atoms with Crippen LogP contribution >= 0.6 is 38.9 Å². The number of hydrogen-bond donors (Lipinski definition) is 0. The van der Waals surface area contributed by atoms with Crippen LogP contribution in [0.5, 0.6) is 11.5 Å². The maximum absolute atomic E-state index is 13.1. The second kappa shape index (κ2) is 9.17. The van der Waals surface area contributed by atoms with Gasteiger partial charge >= 0.3 is 0 Å². The third-order valence-corrected chi connectivity index (χ3v) is 7.01. The van der Waals surface area contributed by atoms with Crippen LogP contribution in [0, 0.1) is 0 Å². The van der Waals surface area contributed by atoms with Crippen molar-refractivity contribution < 1.29 is 9.47 Å². The van der Waals surface area contributed by atoms with Gasteiger partial charge in [0, 0.05) is 9.50 Å². The van der Waals surface area contributed by atoms with Crippen molar-refractivity contribution in [2.75, 3.05) is 6.61 Å². The zero-order valence-corrected chi connectivity index (χ0v) is 20.7. The molecule has 5 nitrogen and oxygen atoms in total. The van der Waals surface area contributed by atoms with Gasteiger partial charge in [0.2, 0.25) is 0 Å². The molecule has 0 N–H and O–H groups in total. The molecule has 3 aromatic carbocycles. The Hall–Kier alpha value is -2.87. The van der Waals surface area contributed by atoms with E-state index in [1.807, 2.05) is 73.7 Å². The summed E-state index contributed by atoms with van der Waals surface area (Å²) in [6.45, 7) is 2.79. The van der Waals surface area contributed by atoms with Crippen LogP contribution in [0.3, 0.4) is 0 Å². The van der Waals surface area contributed by atoms with Crippen LogP contribution in [0.4, 0.5) is 0 Å². The first kappa shape index (κ1) is 21.9. The van der Waals surface area contributed by atoms with E-state index in [9.17, 15) is 4.79 Å². The molecule has 33 heavy (non-hydrogen) atoms. The van der Waals surface area contributed by atoms with Crippen molar-refractivity contribution in [1.82, 2.24) is 9.38 Å². The number of hydrogen-bond acceptors (Lipinski definition) is 5. The van der Waals surface area contributed by atoms with Gasteiger partial charge in [-0.05, 0) is 60.5 Å². The van der Waals surface area contributed by atoms with Crippen molar-refractivity contribution >= 4 is 60.9 Å². The predicted molar refractivity (Wildman–Crippen MR) is 137 cm³/mol. The van der Waals surface area contributed by atoms with Crippen molar-refractivity contribution in [2.24, 2.45) is 0 Å². The minimum Gasteiger partial charge on any atom is -0.490 e. The highest BCUT2D eigenvalue weighted by Gasteiger charge is 2.13. The quantitative estimate of drug-likeness (QED) is 0.271. The number of aromatic nitrogens is 2. The standard InChI is InChI=1S/C25H18BrClN2O3S/c1-2-31-21-11-16(18(26)13-22(21)32-14-15-7-9-17(27)10-8-15)12-23-24(30)29-20-6-4-3-5-19(20)28-25(29)33-23/h3-13H,2,14H2,1H3/b23-12-. The Balaban J connectivity index is 1.52. The average molecular weight is 542 g/mol. The first-order valence-corrected chi connectivity index (χ1v) is 12.3. The lowest BCUT2D eigenvalue weighted by Crippen LogP contribution is -2.22. The first-order valence-electron chi connectivity index (χ1n) is 10.3. The van der Waals surface area contributed by atoms with Gasteiger partial charge in [0.25, 0.3) is 5.56 Å². The molecule has 0 atom stereocenters. The fraction of sp³-hybridized carbons (Fsp3) is 0.120. The van der Waals surface area contributed by atoms with E-state index in [4.69, 9.17) is 21.1 Å². The van der Waals surface area contributed by atoms with E-state index in [0.717, 1.165) is 26.6 Å². The summed E-state index contributed by atoms with van der Waals surface area (Å²) in [6, 6.07) is 18.9.